The molecule has 108 valence electrons. The quantitative estimate of drug-likeness (QED) is 0.613. The van der Waals surface area contributed by atoms with Crippen molar-refractivity contribution < 1.29 is 9.72 Å². The lowest BCUT2D eigenvalue weighted by Gasteiger charge is -2.27. The van der Waals surface area contributed by atoms with Crippen molar-refractivity contribution in [2.75, 3.05) is 38.0 Å². The van der Waals surface area contributed by atoms with Crippen molar-refractivity contribution in [3.05, 3.63) is 26.9 Å². The van der Waals surface area contributed by atoms with E-state index in [0.717, 1.165) is 19.3 Å². The number of anilines is 1. The van der Waals surface area contributed by atoms with Gasteiger partial charge in [-0.1, -0.05) is 0 Å². The second kappa shape index (κ2) is 6.62. The van der Waals surface area contributed by atoms with Crippen LogP contribution in [0.4, 0.5) is 11.5 Å². The first-order chi connectivity index (χ1) is 9.58. The predicted octanol–water partition coefficient (Wildman–Crippen LogP) is 0.596. The van der Waals surface area contributed by atoms with E-state index < -0.39 is 4.92 Å². The highest BCUT2D eigenvalue weighted by Crippen LogP contribution is 2.24. The molecule has 0 unspecified atom stereocenters. The number of nitro groups is 1. The van der Waals surface area contributed by atoms with Crippen molar-refractivity contribution in [3.8, 4) is 0 Å². The predicted molar refractivity (Wildman–Crippen MR) is 76.5 cm³/mol. The average Bonchev–Trinajstić information content (AvgIpc) is 2.46. The molecule has 8 nitrogen and oxygen atoms in total. The number of hydrogen-bond donors (Lipinski definition) is 2. The largest absolute Gasteiger partial charge is 0.360 e. The van der Waals surface area contributed by atoms with E-state index in [9.17, 15) is 14.9 Å². The Labute approximate surface area is 123 Å². The number of halogens is 1. The minimum Gasteiger partial charge on any atom is -0.360 e. The Hall–Kier alpha value is -1.74. The number of amides is 1. The molecule has 1 fully saturated rings. The highest BCUT2D eigenvalue weighted by atomic mass is 79.9. The van der Waals surface area contributed by atoms with Gasteiger partial charge in [0.2, 0.25) is 5.91 Å². The van der Waals surface area contributed by atoms with Gasteiger partial charge < -0.3 is 15.5 Å². The summed E-state index contributed by atoms with van der Waals surface area (Å²) < 4.78 is 0.458. The summed E-state index contributed by atoms with van der Waals surface area (Å²) in [5, 5.41) is 16.6. The molecule has 1 amide bonds. The van der Waals surface area contributed by atoms with E-state index >= 15 is 0 Å². The number of nitrogens with zero attached hydrogens (tertiary/aromatic N) is 3. The number of piperazine rings is 1. The maximum Gasteiger partial charge on any atom is 0.288 e. The Morgan fingerprint density at radius 2 is 2.25 bits per heavy atom. The first kappa shape index (κ1) is 14.7. The molecule has 0 aromatic carbocycles. The van der Waals surface area contributed by atoms with Crippen LogP contribution in [0.1, 0.15) is 0 Å². The Bertz CT molecular complexity index is 519. The maximum atomic E-state index is 11.9. The van der Waals surface area contributed by atoms with Crippen molar-refractivity contribution >= 4 is 33.3 Å². The number of nitrogens with one attached hydrogen (secondary N) is 2. The zero-order valence-electron chi connectivity index (χ0n) is 10.6. The number of rotatable bonds is 4. The molecule has 0 spiro atoms. The molecule has 0 radical (unpaired) electrons. The Morgan fingerprint density at radius 3 is 2.85 bits per heavy atom. The molecule has 0 aliphatic carbocycles. The van der Waals surface area contributed by atoms with Gasteiger partial charge in [0.1, 0.15) is 12.0 Å². The molecule has 1 aromatic rings. The maximum absolute atomic E-state index is 11.9. The fourth-order valence-electron chi connectivity index (χ4n) is 1.84. The minimum atomic E-state index is -0.520. The van der Waals surface area contributed by atoms with Crippen molar-refractivity contribution in [1.82, 2.24) is 15.2 Å². The fraction of sp³-hybridized carbons (Fsp3) is 0.455. The smallest absolute Gasteiger partial charge is 0.288 e. The van der Waals surface area contributed by atoms with Crippen LogP contribution in [-0.4, -0.2) is 53.4 Å². The monoisotopic (exact) mass is 343 g/mol. The molecule has 20 heavy (non-hydrogen) atoms. The van der Waals surface area contributed by atoms with Gasteiger partial charge in [-0.05, 0) is 15.9 Å². The molecule has 1 aromatic heterocycles. The van der Waals surface area contributed by atoms with Gasteiger partial charge in [0.25, 0.3) is 5.69 Å². The van der Waals surface area contributed by atoms with Crippen LogP contribution in [0.2, 0.25) is 0 Å². The summed E-state index contributed by atoms with van der Waals surface area (Å²) in [5.41, 5.74) is -0.101. The van der Waals surface area contributed by atoms with Crippen LogP contribution in [-0.2, 0) is 4.79 Å². The first-order valence-corrected chi connectivity index (χ1v) is 6.89. The molecule has 0 saturated carbocycles. The number of aromatic nitrogens is 1. The number of carbonyl (C=O) groups is 1. The van der Waals surface area contributed by atoms with Gasteiger partial charge in [0.05, 0.1) is 15.9 Å². The van der Waals surface area contributed by atoms with E-state index in [1.165, 1.54) is 6.07 Å². The van der Waals surface area contributed by atoms with Gasteiger partial charge in [-0.25, -0.2) is 4.98 Å². The molecule has 2 N–H and O–H groups in total. The van der Waals surface area contributed by atoms with E-state index in [-0.39, 0.29) is 18.1 Å². The first-order valence-electron chi connectivity index (χ1n) is 6.10. The van der Waals surface area contributed by atoms with E-state index in [0.29, 0.717) is 23.4 Å². The van der Waals surface area contributed by atoms with Crippen molar-refractivity contribution in [2.24, 2.45) is 0 Å². The third-order valence-electron chi connectivity index (χ3n) is 2.91. The molecular formula is C11H14BrN5O3. The van der Waals surface area contributed by atoms with Crippen LogP contribution in [0, 0.1) is 10.1 Å². The van der Waals surface area contributed by atoms with Gasteiger partial charge >= 0.3 is 0 Å². The van der Waals surface area contributed by atoms with Gasteiger partial charge in [-0.2, -0.15) is 0 Å². The summed E-state index contributed by atoms with van der Waals surface area (Å²) in [6.07, 6.45) is 1.16. The Balaban J connectivity index is 1.93. The molecule has 0 bridgehead atoms. The Morgan fingerprint density at radius 1 is 1.55 bits per heavy atom. The molecule has 0 atom stereocenters. The minimum absolute atomic E-state index is 0.0152. The SMILES string of the molecule is O=C(CNc1ncc([N+](=O)[O-])cc1Br)N1CCNCC1. The van der Waals surface area contributed by atoms with Crippen LogP contribution in [0.3, 0.4) is 0 Å². The van der Waals surface area contributed by atoms with Crippen LogP contribution >= 0.6 is 15.9 Å². The van der Waals surface area contributed by atoms with Gasteiger partial charge in [-0.15, -0.1) is 0 Å². The van der Waals surface area contributed by atoms with E-state index in [2.05, 4.69) is 31.5 Å². The number of carbonyl (C=O) groups excluding carboxylic acids is 1. The number of hydrogen-bond acceptors (Lipinski definition) is 6. The third-order valence-corrected chi connectivity index (χ3v) is 3.52. The normalized spacial score (nSPS) is 14.9. The van der Waals surface area contributed by atoms with E-state index in [4.69, 9.17) is 0 Å². The molecule has 1 saturated heterocycles. The summed E-state index contributed by atoms with van der Waals surface area (Å²) in [5.74, 6) is 0.401. The summed E-state index contributed by atoms with van der Waals surface area (Å²) in [4.78, 5) is 27.7. The molecule has 9 heteroatoms. The van der Waals surface area contributed by atoms with Crippen molar-refractivity contribution in [2.45, 2.75) is 0 Å². The molecule has 2 rings (SSSR count). The summed E-state index contributed by atoms with van der Waals surface area (Å²) >= 11 is 3.20. The lowest BCUT2D eigenvalue weighted by Crippen LogP contribution is -2.48. The van der Waals surface area contributed by atoms with E-state index in [1.54, 1.807) is 4.90 Å². The van der Waals surface area contributed by atoms with Crippen molar-refractivity contribution in [3.63, 3.8) is 0 Å². The van der Waals surface area contributed by atoms with Gasteiger partial charge in [0.15, 0.2) is 0 Å². The highest BCUT2D eigenvalue weighted by molar-refractivity contribution is 9.10. The summed E-state index contributed by atoms with van der Waals surface area (Å²) in [6, 6.07) is 1.35. The second-order valence-electron chi connectivity index (χ2n) is 4.27. The standard InChI is InChI=1S/C11H14BrN5O3/c12-9-5-8(17(19)20)6-14-11(9)15-7-10(18)16-3-1-13-2-4-16/h5-6,13H,1-4,7H2,(H,14,15). The van der Waals surface area contributed by atoms with Crippen LogP contribution < -0.4 is 10.6 Å². The van der Waals surface area contributed by atoms with Gasteiger partial charge in [-0.3, -0.25) is 14.9 Å². The molecule has 1 aliphatic rings. The lowest BCUT2D eigenvalue weighted by molar-refractivity contribution is -0.385. The van der Waals surface area contributed by atoms with Crippen molar-refractivity contribution in [1.29, 1.82) is 0 Å². The molecular weight excluding hydrogens is 330 g/mol. The van der Waals surface area contributed by atoms with Gasteiger partial charge in [0, 0.05) is 32.2 Å². The zero-order chi connectivity index (χ0) is 14.5. The molecule has 1 aliphatic heterocycles. The fourth-order valence-corrected chi connectivity index (χ4v) is 2.32. The lowest BCUT2D eigenvalue weighted by atomic mass is 10.3. The topological polar surface area (TPSA) is 100 Å². The van der Waals surface area contributed by atoms with Crippen LogP contribution in [0.25, 0.3) is 0 Å². The second-order valence-corrected chi connectivity index (χ2v) is 5.12. The van der Waals surface area contributed by atoms with Crippen LogP contribution in [0.15, 0.2) is 16.7 Å². The average molecular weight is 344 g/mol. The Kier molecular flexibility index (Phi) is 4.85. The zero-order valence-corrected chi connectivity index (χ0v) is 12.2. The van der Waals surface area contributed by atoms with E-state index in [1.807, 2.05) is 0 Å². The van der Waals surface area contributed by atoms with Crippen LogP contribution in [0.5, 0.6) is 0 Å². The number of pyridine rings is 1. The third kappa shape index (κ3) is 3.64. The summed E-state index contributed by atoms with van der Waals surface area (Å²) in [7, 11) is 0. The molecule has 2 heterocycles. The highest BCUT2D eigenvalue weighted by Gasteiger charge is 2.17. The summed E-state index contributed by atoms with van der Waals surface area (Å²) in [6.45, 7) is 3.09.